The van der Waals surface area contributed by atoms with Crippen molar-refractivity contribution < 1.29 is 9.53 Å². The zero-order chi connectivity index (χ0) is 13.0. The average Bonchev–Trinajstić information content (AvgIpc) is 2.83. The van der Waals surface area contributed by atoms with Gasteiger partial charge in [0.25, 0.3) is 0 Å². The summed E-state index contributed by atoms with van der Waals surface area (Å²) in [5.41, 5.74) is 0.910. The summed E-state index contributed by atoms with van der Waals surface area (Å²) >= 11 is 0. The zero-order valence-corrected chi connectivity index (χ0v) is 9.79. The summed E-state index contributed by atoms with van der Waals surface area (Å²) < 4.78 is 5.95. The van der Waals surface area contributed by atoms with Gasteiger partial charge in [0.2, 0.25) is 0 Å². The van der Waals surface area contributed by atoms with E-state index < -0.39 is 5.97 Å². The lowest BCUT2D eigenvalue weighted by Gasteiger charge is -2.07. The van der Waals surface area contributed by atoms with Crippen molar-refractivity contribution in [2.24, 2.45) is 0 Å². The van der Waals surface area contributed by atoms with E-state index in [1.54, 1.807) is 6.20 Å². The predicted molar refractivity (Wildman–Crippen MR) is 66.9 cm³/mol. The lowest BCUT2D eigenvalue weighted by molar-refractivity contribution is -0.134. The van der Waals surface area contributed by atoms with E-state index in [0.717, 1.165) is 5.56 Å². The molecule has 1 aromatic carbocycles. The van der Waals surface area contributed by atoms with Gasteiger partial charge in [-0.05, 0) is 5.56 Å². The predicted octanol–water partition coefficient (Wildman–Crippen LogP) is 1.24. The van der Waals surface area contributed by atoms with Crippen LogP contribution in [0.15, 0.2) is 53.6 Å². The molecule has 0 radical (unpaired) electrons. The second-order valence-corrected chi connectivity index (χ2v) is 3.55. The first-order chi connectivity index (χ1) is 8.72. The summed E-state index contributed by atoms with van der Waals surface area (Å²) in [5.74, 6) is -0.512. The number of carbonyl (C=O) groups excluding carboxylic acids is 1. The summed E-state index contributed by atoms with van der Waals surface area (Å²) in [6, 6.07) is 9.15. The molecule has 0 atom stereocenters. The number of imidazole rings is 1. The molecule has 92 valence electrons. The average molecular weight is 244 g/mol. The van der Waals surface area contributed by atoms with Crippen molar-refractivity contribution >= 4 is 11.7 Å². The molecule has 0 amide bonds. The van der Waals surface area contributed by atoms with Gasteiger partial charge in [-0.15, -0.1) is 0 Å². The van der Waals surface area contributed by atoms with Crippen molar-refractivity contribution in [2.75, 3.05) is 7.11 Å². The van der Waals surface area contributed by atoms with Gasteiger partial charge in [0.1, 0.15) is 0 Å². The Morgan fingerprint density at radius 1 is 1.33 bits per heavy atom. The molecule has 0 spiro atoms. The number of hydrogen-bond acceptors (Lipinski definition) is 3. The number of aromatic nitrogens is 2. The van der Waals surface area contributed by atoms with E-state index in [4.69, 9.17) is 0 Å². The Balaban J connectivity index is 2.56. The van der Waals surface area contributed by atoms with Gasteiger partial charge in [0, 0.05) is 18.5 Å². The fraction of sp³-hybridized carbons (Fsp3) is 0.0769. The first kappa shape index (κ1) is 11.9. The summed E-state index contributed by atoms with van der Waals surface area (Å²) in [6.45, 7) is 0. The Hall–Kier alpha value is -2.56. The Bertz CT molecular complexity index is 623. The van der Waals surface area contributed by atoms with Crippen LogP contribution in [0.5, 0.6) is 0 Å². The number of ether oxygens (including phenoxy) is 1. The molecule has 0 aliphatic rings. The number of carbonyl (C=O) groups is 1. The van der Waals surface area contributed by atoms with Gasteiger partial charge >= 0.3 is 11.7 Å². The van der Waals surface area contributed by atoms with Gasteiger partial charge in [0.05, 0.1) is 12.8 Å². The molecule has 0 unspecified atom stereocenters. The summed E-state index contributed by atoms with van der Waals surface area (Å²) in [4.78, 5) is 25.5. The van der Waals surface area contributed by atoms with Gasteiger partial charge in [-0.2, -0.15) is 0 Å². The number of hydrogen-bond donors (Lipinski definition) is 1. The molecule has 0 saturated carbocycles. The fourth-order valence-electron chi connectivity index (χ4n) is 1.58. The number of benzene rings is 1. The first-order valence-corrected chi connectivity index (χ1v) is 5.34. The van der Waals surface area contributed by atoms with Crippen molar-refractivity contribution in [3.63, 3.8) is 0 Å². The lowest BCUT2D eigenvalue weighted by Crippen LogP contribution is -2.17. The number of nitrogens with zero attached hydrogens (tertiary/aromatic N) is 1. The van der Waals surface area contributed by atoms with E-state index in [1.165, 1.54) is 23.9 Å². The third-order valence-electron chi connectivity index (χ3n) is 2.43. The number of H-pyrrole nitrogens is 1. The maximum absolute atomic E-state index is 11.6. The van der Waals surface area contributed by atoms with E-state index in [2.05, 4.69) is 9.72 Å². The van der Waals surface area contributed by atoms with E-state index in [0.29, 0.717) is 5.70 Å². The second kappa shape index (κ2) is 5.18. The highest BCUT2D eigenvalue weighted by atomic mass is 16.5. The van der Waals surface area contributed by atoms with E-state index >= 15 is 0 Å². The van der Waals surface area contributed by atoms with Crippen LogP contribution in [0.4, 0.5) is 0 Å². The number of methoxy groups -OCH3 is 1. The molecule has 0 fully saturated rings. The van der Waals surface area contributed by atoms with Crippen LogP contribution in [0, 0.1) is 0 Å². The number of nitrogens with one attached hydrogen (secondary N) is 1. The molecule has 1 aromatic heterocycles. The molecule has 0 bridgehead atoms. The van der Waals surface area contributed by atoms with E-state index in [-0.39, 0.29) is 5.69 Å². The van der Waals surface area contributed by atoms with Crippen LogP contribution in [0.3, 0.4) is 0 Å². The molecular weight excluding hydrogens is 232 g/mol. The van der Waals surface area contributed by atoms with Crippen molar-refractivity contribution in [2.45, 2.75) is 0 Å². The lowest BCUT2D eigenvalue weighted by atomic mass is 10.1. The largest absolute Gasteiger partial charge is 0.466 e. The fourth-order valence-corrected chi connectivity index (χ4v) is 1.58. The van der Waals surface area contributed by atoms with Gasteiger partial charge in [-0.1, -0.05) is 30.3 Å². The van der Waals surface area contributed by atoms with Gasteiger partial charge in [0.15, 0.2) is 0 Å². The molecule has 2 rings (SSSR count). The topological polar surface area (TPSA) is 64.1 Å². The van der Waals surface area contributed by atoms with Gasteiger partial charge < -0.3 is 9.72 Å². The van der Waals surface area contributed by atoms with Crippen molar-refractivity contribution in [1.29, 1.82) is 0 Å². The Morgan fingerprint density at radius 2 is 2.06 bits per heavy atom. The molecule has 0 aliphatic heterocycles. The number of rotatable bonds is 3. The quantitative estimate of drug-likeness (QED) is 0.652. The van der Waals surface area contributed by atoms with Crippen molar-refractivity contribution in [3.8, 4) is 0 Å². The molecule has 5 nitrogen and oxygen atoms in total. The SMILES string of the molecule is COC(=O)/C=C(\c1ccccc1)n1cc[nH]c1=O. The Labute approximate surface area is 103 Å². The molecule has 5 heteroatoms. The monoisotopic (exact) mass is 244 g/mol. The van der Waals surface area contributed by atoms with Crippen LogP contribution in [-0.4, -0.2) is 22.6 Å². The summed E-state index contributed by atoms with van der Waals surface area (Å²) in [5, 5.41) is 0. The Kier molecular flexibility index (Phi) is 3.43. The van der Waals surface area contributed by atoms with Crippen LogP contribution in [0.1, 0.15) is 5.56 Å². The van der Waals surface area contributed by atoms with Crippen LogP contribution in [0.2, 0.25) is 0 Å². The molecule has 18 heavy (non-hydrogen) atoms. The summed E-state index contributed by atoms with van der Waals surface area (Å²) in [7, 11) is 1.29. The van der Waals surface area contributed by atoms with Crippen molar-refractivity contribution in [1.82, 2.24) is 9.55 Å². The van der Waals surface area contributed by atoms with E-state index in [9.17, 15) is 9.59 Å². The van der Waals surface area contributed by atoms with Crippen LogP contribution in [-0.2, 0) is 9.53 Å². The standard InChI is InChI=1S/C13H12N2O3/c1-18-12(16)9-11(10-5-3-2-4-6-10)15-8-7-14-13(15)17/h2-9H,1H3,(H,14,17)/b11-9+. The maximum atomic E-state index is 11.6. The smallest absolute Gasteiger partial charge is 0.332 e. The molecule has 0 aliphatic carbocycles. The van der Waals surface area contributed by atoms with Gasteiger partial charge in [-0.25, -0.2) is 9.59 Å². The molecule has 1 heterocycles. The Morgan fingerprint density at radius 3 is 2.61 bits per heavy atom. The molecule has 2 aromatic rings. The van der Waals surface area contributed by atoms with Crippen LogP contribution >= 0.6 is 0 Å². The zero-order valence-electron chi connectivity index (χ0n) is 9.79. The van der Waals surface area contributed by atoms with Crippen molar-refractivity contribution in [3.05, 3.63) is 64.8 Å². The highest BCUT2D eigenvalue weighted by Gasteiger charge is 2.09. The third-order valence-corrected chi connectivity index (χ3v) is 2.43. The minimum atomic E-state index is -0.512. The molecule has 0 saturated heterocycles. The minimum absolute atomic E-state index is 0.311. The number of aromatic amines is 1. The highest BCUT2D eigenvalue weighted by Crippen LogP contribution is 2.14. The maximum Gasteiger partial charge on any atom is 0.332 e. The third kappa shape index (κ3) is 2.40. The molecular formula is C13H12N2O3. The van der Waals surface area contributed by atoms with E-state index in [1.807, 2.05) is 30.3 Å². The molecule has 1 N–H and O–H groups in total. The van der Waals surface area contributed by atoms with Gasteiger partial charge in [-0.3, -0.25) is 4.57 Å². The first-order valence-electron chi connectivity index (χ1n) is 5.34. The second-order valence-electron chi connectivity index (χ2n) is 3.55. The van der Waals surface area contributed by atoms with Crippen LogP contribution in [0.25, 0.3) is 5.70 Å². The minimum Gasteiger partial charge on any atom is -0.466 e. The summed E-state index contributed by atoms with van der Waals surface area (Å²) in [6.07, 6.45) is 4.35. The normalized spacial score (nSPS) is 11.3. The van der Waals surface area contributed by atoms with Crippen LogP contribution < -0.4 is 5.69 Å². The number of esters is 1. The highest BCUT2D eigenvalue weighted by molar-refractivity contribution is 5.91.